The molecule has 0 radical (unpaired) electrons. The smallest absolute Gasteiger partial charge is 0.244 e. The summed E-state index contributed by atoms with van der Waals surface area (Å²) in [6, 6.07) is 9.91. The molecule has 0 aliphatic rings. The van der Waals surface area contributed by atoms with Crippen molar-refractivity contribution < 1.29 is 4.92 Å². The van der Waals surface area contributed by atoms with Crippen LogP contribution in [0.4, 0.5) is 0 Å². The summed E-state index contributed by atoms with van der Waals surface area (Å²) < 4.78 is 1.15. The zero-order valence-corrected chi connectivity index (χ0v) is 8.95. The number of nitrogens with zero attached hydrogens (tertiary/aromatic N) is 1. The molecule has 0 fully saturated rings. The second-order valence-electron chi connectivity index (χ2n) is 3.23. The van der Waals surface area contributed by atoms with Gasteiger partial charge in [-0.1, -0.05) is 18.2 Å². The van der Waals surface area contributed by atoms with Crippen LogP contribution in [0.5, 0.6) is 0 Å². The average Bonchev–Trinajstić information content (AvgIpc) is 2.59. The number of fused-ring (bicyclic) bond motifs is 1. The van der Waals surface area contributed by atoms with Gasteiger partial charge in [-0.15, -0.1) is 11.3 Å². The van der Waals surface area contributed by atoms with E-state index in [9.17, 15) is 10.1 Å². The van der Waals surface area contributed by atoms with Crippen LogP contribution >= 0.6 is 11.3 Å². The Morgan fingerprint density at radius 2 is 2.20 bits per heavy atom. The molecule has 0 aliphatic carbocycles. The molecule has 76 valence electrons. The average molecular weight is 219 g/mol. The van der Waals surface area contributed by atoms with Gasteiger partial charge in [-0.25, -0.2) is 0 Å². The fraction of sp³-hybridized carbons (Fsp3) is 0.0909. The Kier molecular flexibility index (Phi) is 2.51. The lowest BCUT2D eigenvalue weighted by molar-refractivity contribution is -0.422. The Balaban J connectivity index is 2.46. The first-order chi connectivity index (χ1) is 7.16. The maximum Gasteiger partial charge on any atom is 0.244 e. The van der Waals surface area contributed by atoms with Gasteiger partial charge in [0.1, 0.15) is 0 Å². The SMILES string of the molecule is CC(=Cc1cc2ccccc2s1)[N+](=O)[O-]. The largest absolute Gasteiger partial charge is 0.259 e. The van der Waals surface area contributed by atoms with E-state index in [1.54, 1.807) is 17.4 Å². The molecule has 0 unspecified atom stereocenters. The van der Waals surface area contributed by atoms with Gasteiger partial charge in [0.2, 0.25) is 5.70 Å². The predicted octanol–water partition coefficient (Wildman–Crippen LogP) is 3.54. The Morgan fingerprint density at radius 3 is 2.87 bits per heavy atom. The van der Waals surface area contributed by atoms with E-state index in [1.165, 1.54) is 6.92 Å². The molecule has 0 aliphatic heterocycles. The van der Waals surface area contributed by atoms with Crippen molar-refractivity contribution in [1.29, 1.82) is 0 Å². The lowest BCUT2D eigenvalue weighted by Gasteiger charge is -1.86. The minimum absolute atomic E-state index is 0.168. The summed E-state index contributed by atoms with van der Waals surface area (Å²) in [4.78, 5) is 11.0. The fourth-order valence-electron chi connectivity index (χ4n) is 1.33. The first-order valence-electron chi connectivity index (χ1n) is 4.48. The summed E-state index contributed by atoms with van der Waals surface area (Å²) >= 11 is 1.56. The second kappa shape index (κ2) is 3.82. The standard InChI is InChI=1S/C11H9NO2S/c1-8(12(13)14)6-10-7-9-4-2-3-5-11(9)15-10/h2-7H,1H3. The molecular formula is C11H9NO2S. The van der Waals surface area contributed by atoms with Crippen LogP contribution in [0.25, 0.3) is 16.2 Å². The third kappa shape index (κ3) is 2.05. The van der Waals surface area contributed by atoms with E-state index in [-0.39, 0.29) is 10.6 Å². The molecular weight excluding hydrogens is 210 g/mol. The van der Waals surface area contributed by atoms with Crippen molar-refractivity contribution in [3.05, 3.63) is 51.0 Å². The van der Waals surface area contributed by atoms with E-state index in [1.807, 2.05) is 30.3 Å². The van der Waals surface area contributed by atoms with Gasteiger partial charge in [-0.05, 0) is 17.5 Å². The van der Waals surface area contributed by atoms with Gasteiger partial charge in [-0.2, -0.15) is 0 Å². The van der Waals surface area contributed by atoms with Crippen molar-refractivity contribution in [2.75, 3.05) is 0 Å². The number of hydrogen-bond donors (Lipinski definition) is 0. The van der Waals surface area contributed by atoms with Crippen LogP contribution in [-0.2, 0) is 0 Å². The maximum absolute atomic E-state index is 10.5. The lowest BCUT2D eigenvalue weighted by atomic mass is 10.2. The fourth-order valence-corrected chi connectivity index (χ4v) is 2.39. The highest BCUT2D eigenvalue weighted by Gasteiger charge is 2.04. The molecule has 2 rings (SSSR count). The topological polar surface area (TPSA) is 43.1 Å². The van der Waals surface area contributed by atoms with Crippen molar-refractivity contribution in [3.8, 4) is 0 Å². The Bertz CT molecular complexity index is 509. The molecule has 15 heavy (non-hydrogen) atoms. The molecule has 4 heteroatoms. The predicted molar refractivity (Wildman–Crippen MR) is 62.5 cm³/mol. The highest BCUT2D eigenvalue weighted by molar-refractivity contribution is 7.19. The van der Waals surface area contributed by atoms with Crippen molar-refractivity contribution in [2.24, 2.45) is 0 Å². The Hall–Kier alpha value is -1.68. The summed E-state index contributed by atoms with van der Waals surface area (Å²) in [7, 11) is 0. The molecule has 0 saturated heterocycles. The molecule has 2 aromatic rings. The number of nitro groups is 1. The first-order valence-corrected chi connectivity index (χ1v) is 5.30. The monoisotopic (exact) mass is 219 g/mol. The molecule has 1 aromatic carbocycles. The van der Waals surface area contributed by atoms with Crippen LogP contribution in [0, 0.1) is 10.1 Å². The van der Waals surface area contributed by atoms with Crippen molar-refractivity contribution in [3.63, 3.8) is 0 Å². The molecule has 3 nitrogen and oxygen atoms in total. The maximum atomic E-state index is 10.5. The van der Waals surface area contributed by atoms with Gasteiger partial charge in [0.15, 0.2) is 0 Å². The third-order valence-electron chi connectivity index (χ3n) is 2.08. The van der Waals surface area contributed by atoms with Crippen molar-refractivity contribution in [2.45, 2.75) is 6.92 Å². The Labute approximate surface area is 90.8 Å². The first kappa shape index (κ1) is 9.86. The highest BCUT2D eigenvalue weighted by atomic mass is 32.1. The molecule has 0 N–H and O–H groups in total. The van der Waals surface area contributed by atoms with E-state index in [4.69, 9.17) is 0 Å². The van der Waals surface area contributed by atoms with Crippen LogP contribution in [0.2, 0.25) is 0 Å². The van der Waals surface area contributed by atoms with E-state index in [2.05, 4.69) is 0 Å². The minimum atomic E-state index is -0.371. The van der Waals surface area contributed by atoms with Gasteiger partial charge >= 0.3 is 0 Å². The highest BCUT2D eigenvalue weighted by Crippen LogP contribution is 2.26. The van der Waals surface area contributed by atoms with Gasteiger partial charge in [0.25, 0.3) is 0 Å². The minimum Gasteiger partial charge on any atom is -0.259 e. The van der Waals surface area contributed by atoms with Crippen LogP contribution in [0.1, 0.15) is 11.8 Å². The number of hydrogen-bond acceptors (Lipinski definition) is 3. The normalized spacial score (nSPS) is 11.9. The summed E-state index contributed by atoms with van der Waals surface area (Å²) in [5.41, 5.74) is 0.168. The zero-order chi connectivity index (χ0) is 10.8. The van der Waals surface area contributed by atoms with E-state index in [0.717, 1.165) is 15.0 Å². The van der Waals surface area contributed by atoms with Gasteiger partial charge < -0.3 is 0 Å². The quantitative estimate of drug-likeness (QED) is 0.572. The summed E-state index contributed by atoms with van der Waals surface area (Å²) in [5, 5.41) is 11.6. The second-order valence-corrected chi connectivity index (χ2v) is 4.34. The van der Waals surface area contributed by atoms with Crippen molar-refractivity contribution >= 4 is 27.5 Å². The van der Waals surface area contributed by atoms with Gasteiger partial charge in [-0.3, -0.25) is 10.1 Å². The van der Waals surface area contributed by atoms with E-state index in [0.29, 0.717) is 0 Å². The summed E-state index contributed by atoms with van der Waals surface area (Å²) in [5.74, 6) is 0. The van der Waals surface area contributed by atoms with Crippen LogP contribution in [-0.4, -0.2) is 4.92 Å². The molecule has 0 spiro atoms. The van der Waals surface area contributed by atoms with Crippen LogP contribution in [0.15, 0.2) is 36.0 Å². The molecule has 0 bridgehead atoms. The molecule has 0 saturated carbocycles. The summed E-state index contributed by atoms with van der Waals surface area (Å²) in [6.07, 6.45) is 1.60. The van der Waals surface area contributed by atoms with Gasteiger partial charge in [0, 0.05) is 22.6 Å². The number of thiophene rings is 1. The summed E-state index contributed by atoms with van der Waals surface area (Å²) in [6.45, 7) is 1.50. The molecule has 0 atom stereocenters. The lowest BCUT2D eigenvalue weighted by Crippen LogP contribution is -1.91. The number of benzene rings is 1. The molecule has 0 amide bonds. The van der Waals surface area contributed by atoms with Crippen molar-refractivity contribution in [1.82, 2.24) is 0 Å². The zero-order valence-electron chi connectivity index (χ0n) is 8.14. The number of allylic oxidation sites excluding steroid dienone is 1. The third-order valence-corrected chi connectivity index (χ3v) is 3.15. The van der Waals surface area contributed by atoms with E-state index < -0.39 is 0 Å². The van der Waals surface area contributed by atoms with Crippen LogP contribution in [0.3, 0.4) is 0 Å². The van der Waals surface area contributed by atoms with Gasteiger partial charge in [0.05, 0.1) is 4.92 Å². The van der Waals surface area contributed by atoms with E-state index >= 15 is 0 Å². The Morgan fingerprint density at radius 1 is 1.47 bits per heavy atom. The number of rotatable bonds is 2. The molecule has 1 heterocycles. The molecule has 1 aromatic heterocycles. The van der Waals surface area contributed by atoms with Crippen LogP contribution < -0.4 is 0 Å².